The Morgan fingerprint density at radius 3 is 2.53 bits per heavy atom. The summed E-state index contributed by atoms with van der Waals surface area (Å²) in [5.74, 6) is 0.904. The van der Waals surface area contributed by atoms with Gasteiger partial charge in [-0.1, -0.05) is 15.9 Å². The zero-order valence-corrected chi connectivity index (χ0v) is 12.2. The molecule has 1 rings (SSSR count). The van der Waals surface area contributed by atoms with Crippen molar-refractivity contribution >= 4 is 15.9 Å². The number of methoxy groups -OCH3 is 1. The molecule has 1 aromatic rings. The summed E-state index contributed by atoms with van der Waals surface area (Å²) in [6.07, 6.45) is 0. The first-order valence-corrected chi connectivity index (χ1v) is 6.50. The third-order valence-corrected chi connectivity index (χ3v) is 3.22. The van der Waals surface area contributed by atoms with Crippen molar-refractivity contribution in [3.63, 3.8) is 0 Å². The predicted molar refractivity (Wildman–Crippen MR) is 73.6 cm³/mol. The van der Waals surface area contributed by atoms with Gasteiger partial charge in [0.15, 0.2) is 0 Å². The summed E-state index contributed by atoms with van der Waals surface area (Å²) in [4.78, 5) is 2.22. The Morgan fingerprint density at radius 2 is 1.94 bits per heavy atom. The van der Waals surface area contributed by atoms with Crippen molar-refractivity contribution in [1.29, 1.82) is 0 Å². The second-order valence-electron chi connectivity index (χ2n) is 4.09. The molecule has 0 aromatic heterocycles. The number of hydrogen-bond acceptors (Lipinski definition) is 3. The minimum absolute atomic E-state index is 0.411. The number of benzene rings is 1. The molecule has 1 aromatic carbocycles. The van der Waals surface area contributed by atoms with E-state index in [9.17, 15) is 0 Å². The van der Waals surface area contributed by atoms with Crippen LogP contribution in [0.2, 0.25) is 0 Å². The van der Waals surface area contributed by atoms with E-state index in [0.717, 1.165) is 23.4 Å². The highest BCUT2D eigenvalue weighted by molar-refractivity contribution is 9.10. The average Bonchev–Trinajstić information content (AvgIpc) is 2.32. The predicted octanol–water partition coefficient (Wildman–Crippen LogP) is 2.79. The minimum Gasteiger partial charge on any atom is -0.492 e. The lowest BCUT2D eigenvalue weighted by Crippen LogP contribution is -2.35. The highest BCUT2D eigenvalue weighted by Gasteiger charge is 2.08. The lowest BCUT2D eigenvalue weighted by molar-refractivity contribution is 0.105. The van der Waals surface area contributed by atoms with Crippen molar-refractivity contribution in [2.75, 3.05) is 33.9 Å². The third-order valence-electron chi connectivity index (χ3n) is 2.69. The van der Waals surface area contributed by atoms with E-state index >= 15 is 0 Å². The molecule has 0 bridgehead atoms. The number of ether oxygens (including phenoxy) is 2. The van der Waals surface area contributed by atoms with Gasteiger partial charge in [0.2, 0.25) is 0 Å². The van der Waals surface area contributed by atoms with Crippen molar-refractivity contribution in [3.8, 4) is 5.75 Å². The maximum absolute atomic E-state index is 5.66. The second kappa shape index (κ2) is 7.69. The van der Waals surface area contributed by atoms with E-state index in [1.165, 1.54) is 0 Å². The van der Waals surface area contributed by atoms with Gasteiger partial charge in [-0.05, 0) is 38.2 Å². The van der Waals surface area contributed by atoms with Gasteiger partial charge in [0, 0.05) is 24.2 Å². The van der Waals surface area contributed by atoms with Gasteiger partial charge in [-0.15, -0.1) is 0 Å². The molecule has 0 aliphatic carbocycles. The Balaban J connectivity index is 2.25. The van der Waals surface area contributed by atoms with E-state index in [-0.39, 0.29) is 0 Å². The standard InChI is InChI=1S/C13H20BrNO2/c1-11(10-16-3)15(2)8-9-17-13-6-4-12(14)5-7-13/h4-7,11H,8-10H2,1-3H3. The number of likely N-dealkylation sites (N-methyl/N-ethyl adjacent to an activating group) is 1. The van der Waals surface area contributed by atoms with Crippen molar-refractivity contribution in [3.05, 3.63) is 28.7 Å². The number of hydrogen-bond donors (Lipinski definition) is 0. The molecule has 3 nitrogen and oxygen atoms in total. The summed E-state index contributed by atoms with van der Waals surface area (Å²) >= 11 is 3.40. The molecule has 1 atom stereocenters. The van der Waals surface area contributed by atoms with Gasteiger partial charge in [-0.25, -0.2) is 0 Å². The van der Waals surface area contributed by atoms with Gasteiger partial charge >= 0.3 is 0 Å². The SMILES string of the molecule is COCC(C)N(C)CCOc1ccc(Br)cc1. The number of halogens is 1. The highest BCUT2D eigenvalue weighted by Crippen LogP contribution is 2.15. The maximum atomic E-state index is 5.66. The molecule has 0 amide bonds. The Bertz CT molecular complexity index is 316. The van der Waals surface area contributed by atoms with Gasteiger partial charge in [0.1, 0.15) is 12.4 Å². The van der Waals surface area contributed by atoms with Crippen LogP contribution in [-0.2, 0) is 4.74 Å². The Kier molecular flexibility index (Phi) is 6.55. The van der Waals surface area contributed by atoms with Crippen LogP contribution in [0.4, 0.5) is 0 Å². The second-order valence-corrected chi connectivity index (χ2v) is 5.00. The first kappa shape index (κ1) is 14.5. The molecular weight excluding hydrogens is 282 g/mol. The summed E-state index contributed by atoms with van der Waals surface area (Å²) in [5, 5.41) is 0. The molecule has 0 saturated carbocycles. The summed E-state index contributed by atoms with van der Waals surface area (Å²) in [5.41, 5.74) is 0. The van der Waals surface area contributed by atoms with Gasteiger partial charge in [0.25, 0.3) is 0 Å². The van der Waals surface area contributed by atoms with Crippen LogP contribution in [-0.4, -0.2) is 44.9 Å². The largest absolute Gasteiger partial charge is 0.492 e. The van der Waals surface area contributed by atoms with E-state index in [1.807, 2.05) is 24.3 Å². The molecule has 96 valence electrons. The fourth-order valence-corrected chi connectivity index (χ4v) is 1.69. The molecule has 0 aliphatic heterocycles. The molecule has 0 fully saturated rings. The van der Waals surface area contributed by atoms with Crippen LogP contribution in [0, 0.1) is 0 Å². The van der Waals surface area contributed by atoms with Crippen molar-refractivity contribution < 1.29 is 9.47 Å². The average molecular weight is 302 g/mol. The van der Waals surface area contributed by atoms with Crippen LogP contribution in [0.3, 0.4) is 0 Å². The zero-order chi connectivity index (χ0) is 12.7. The number of rotatable bonds is 7. The smallest absolute Gasteiger partial charge is 0.119 e. The monoisotopic (exact) mass is 301 g/mol. The summed E-state index contributed by atoms with van der Waals surface area (Å²) in [7, 11) is 3.80. The van der Waals surface area contributed by atoms with Crippen LogP contribution in [0.15, 0.2) is 28.7 Å². The van der Waals surface area contributed by atoms with E-state index in [2.05, 4.69) is 34.8 Å². The Labute approximate surface area is 112 Å². The quantitative estimate of drug-likeness (QED) is 0.773. The van der Waals surface area contributed by atoms with Gasteiger partial charge in [-0.2, -0.15) is 0 Å². The Hall–Kier alpha value is -0.580. The molecule has 0 heterocycles. The fraction of sp³-hybridized carbons (Fsp3) is 0.538. The van der Waals surface area contributed by atoms with Gasteiger partial charge in [-0.3, -0.25) is 4.90 Å². The molecule has 4 heteroatoms. The third kappa shape index (κ3) is 5.52. The summed E-state index contributed by atoms with van der Waals surface area (Å²) in [6.45, 7) is 4.46. The Morgan fingerprint density at radius 1 is 1.29 bits per heavy atom. The molecule has 0 N–H and O–H groups in total. The van der Waals surface area contributed by atoms with E-state index < -0.39 is 0 Å². The summed E-state index contributed by atoms with van der Waals surface area (Å²) < 4.78 is 11.8. The van der Waals surface area contributed by atoms with Crippen LogP contribution in [0.5, 0.6) is 5.75 Å². The lowest BCUT2D eigenvalue weighted by atomic mass is 10.3. The number of nitrogens with zero attached hydrogens (tertiary/aromatic N) is 1. The molecule has 0 radical (unpaired) electrons. The van der Waals surface area contributed by atoms with Gasteiger partial charge in [0.05, 0.1) is 6.61 Å². The molecule has 0 saturated heterocycles. The maximum Gasteiger partial charge on any atom is 0.119 e. The van der Waals surface area contributed by atoms with Crippen molar-refractivity contribution in [2.45, 2.75) is 13.0 Å². The molecule has 0 aliphatic rings. The van der Waals surface area contributed by atoms with Crippen LogP contribution in [0.25, 0.3) is 0 Å². The lowest BCUT2D eigenvalue weighted by Gasteiger charge is -2.23. The normalized spacial score (nSPS) is 12.8. The van der Waals surface area contributed by atoms with E-state index in [1.54, 1.807) is 7.11 Å². The van der Waals surface area contributed by atoms with Crippen molar-refractivity contribution in [1.82, 2.24) is 4.90 Å². The van der Waals surface area contributed by atoms with Crippen LogP contribution in [0.1, 0.15) is 6.92 Å². The first-order chi connectivity index (χ1) is 8.13. The molecule has 17 heavy (non-hydrogen) atoms. The van der Waals surface area contributed by atoms with E-state index in [0.29, 0.717) is 12.6 Å². The fourth-order valence-electron chi connectivity index (χ4n) is 1.43. The molecular formula is C13H20BrNO2. The van der Waals surface area contributed by atoms with Crippen LogP contribution < -0.4 is 4.74 Å². The minimum atomic E-state index is 0.411. The van der Waals surface area contributed by atoms with Crippen molar-refractivity contribution in [2.24, 2.45) is 0 Å². The molecule has 1 unspecified atom stereocenters. The van der Waals surface area contributed by atoms with Gasteiger partial charge < -0.3 is 9.47 Å². The molecule has 0 spiro atoms. The first-order valence-electron chi connectivity index (χ1n) is 5.71. The van der Waals surface area contributed by atoms with E-state index in [4.69, 9.17) is 9.47 Å². The zero-order valence-electron chi connectivity index (χ0n) is 10.6. The highest BCUT2D eigenvalue weighted by atomic mass is 79.9. The summed E-state index contributed by atoms with van der Waals surface area (Å²) in [6, 6.07) is 8.29. The topological polar surface area (TPSA) is 21.7 Å². The van der Waals surface area contributed by atoms with Crippen LogP contribution >= 0.6 is 15.9 Å².